The predicted molar refractivity (Wildman–Crippen MR) is 103 cm³/mol. The van der Waals surface area contributed by atoms with Crippen LogP contribution in [0.25, 0.3) is 0 Å². The standard InChI is InChI=1S/C21H26N2O5/c1-26-12-9-22(10-13-27-2)20(24)18-14-16-6-3-4-7-17(16)15-23(18)21(25)19-8-5-11-28-19/h3-8,11,18H,9-10,12-15H2,1-2H3/t18-/m1/s1. The first kappa shape index (κ1) is 20.1. The Morgan fingerprint density at radius 2 is 1.75 bits per heavy atom. The minimum Gasteiger partial charge on any atom is -0.459 e. The SMILES string of the molecule is COCCN(CCOC)C(=O)[C@H]1Cc2ccccc2CN1C(=O)c1ccco1. The Labute approximate surface area is 164 Å². The number of benzene rings is 1. The Kier molecular flexibility index (Phi) is 6.84. The van der Waals surface area contributed by atoms with Crippen molar-refractivity contribution in [3.8, 4) is 0 Å². The van der Waals surface area contributed by atoms with E-state index in [0.717, 1.165) is 11.1 Å². The minimum absolute atomic E-state index is 0.108. The maximum atomic E-state index is 13.4. The van der Waals surface area contributed by atoms with E-state index in [1.54, 1.807) is 36.2 Å². The van der Waals surface area contributed by atoms with Gasteiger partial charge in [0.2, 0.25) is 5.91 Å². The summed E-state index contributed by atoms with van der Waals surface area (Å²) in [5, 5.41) is 0. The van der Waals surface area contributed by atoms with Crippen LogP contribution in [0.2, 0.25) is 0 Å². The molecule has 2 amide bonds. The largest absolute Gasteiger partial charge is 0.459 e. The van der Waals surface area contributed by atoms with Gasteiger partial charge in [-0.05, 0) is 23.3 Å². The van der Waals surface area contributed by atoms with Crippen LogP contribution in [0.5, 0.6) is 0 Å². The van der Waals surface area contributed by atoms with Crippen LogP contribution in [-0.4, -0.2) is 68.2 Å². The molecule has 28 heavy (non-hydrogen) atoms. The molecule has 0 N–H and O–H groups in total. The molecular weight excluding hydrogens is 360 g/mol. The number of nitrogens with zero attached hydrogens (tertiary/aromatic N) is 2. The Balaban J connectivity index is 1.89. The number of carbonyl (C=O) groups is 2. The highest BCUT2D eigenvalue weighted by Crippen LogP contribution is 2.26. The van der Waals surface area contributed by atoms with E-state index in [0.29, 0.717) is 39.3 Å². The van der Waals surface area contributed by atoms with Crippen LogP contribution >= 0.6 is 0 Å². The summed E-state index contributed by atoms with van der Waals surface area (Å²) in [6.07, 6.45) is 1.93. The average molecular weight is 386 g/mol. The van der Waals surface area contributed by atoms with Gasteiger partial charge in [-0.1, -0.05) is 24.3 Å². The Bertz CT molecular complexity index is 782. The fourth-order valence-corrected chi connectivity index (χ4v) is 3.44. The van der Waals surface area contributed by atoms with Crippen molar-refractivity contribution < 1.29 is 23.5 Å². The second-order valence-corrected chi connectivity index (χ2v) is 6.71. The van der Waals surface area contributed by atoms with Gasteiger partial charge in [0.1, 0.15) is 6.04 Å². The van der Waals surface area contributed by atoms with Gasteiger partial charge in [0.15, 0.2) is 5.76 Å². The minimum atomic E-state index is -0.596. The topological polar surface area (TPSA) is 72.2 Å². The van der Waals surface area contributed by atoms with E-state index in [1.165, 1.54) is 6.26 Å². The lowest BCUT2D eigenvalue weighted by Gasteiger charge is -2.38. The quantitative estimate of drug-likeness (QED) is 0.694. The fourth-order valence-electron chi connectivity index (χ4n) is 3.44. The zero-order valence-corrected chi connectivity index (χ0v) is 16.3. The average Bonchev–Trinajstić information content (AvgIpc) is 3.27. The van der Waals surface area contributed by atoms with Crippen molar-refractivity contribution in [1.29, 1.82) is 0 Å². The van der Waals surface area contributed by atoms with Crippen molar-refractivity contribution in [2.45, 2.75) is 19.0 Å². The number of methoxy groups -OCH3 is 2. The smallest absolute Gasteiger partial charge is 0.290 e. The van der Waals surface area contributed by atoms with Gasteiger partial charge in [-0.2, -0.15) is 0 Å². The molecular formula is C21H26N2O5. The van der Waals surface area contributed by atoms with E-state index >= 15 is 0 Å². The molecule has 0 unspecified atom stereocenters. The highest BCUT2D eigenvalue weighted by Gasteiger charge is 2.37. The first-order valence-electron chi connectivity index (χ1n) is 9.33. The number of furan rings is 1. The molecule has 0 saturated heterocycles. The summed E-state index contributed by atoms with van der Waals surface area (Å²) in [7, 11) is 3.20. The molecule has 1 aliphatic heterocycles. The lowest BCUT2D eigenvalue weighted by Crippen LogP contribution is -2.54. The number of rotatable bonds is 8. The van der Waals surface area contributed by atoms with Crippen molar-refractivity contribution in [2.75, 3.05) is 40.5 Å². The van der Waals surface area contributed by atoms with E-state index in [4.69, 9.17) is 13.9 Å². The monoisotopic (exact) mass is 386 g/mol. The summed E-state index contributed by atoms with van der Waals surface area (Å²) in [6, 6.07) is 10.6. The summed E-state index contributed by atoms with van der Waals surface area (Å²) in [5.41, 5.74) is 2.13. The summed E-state index contributed by atoms with van der Waals surface area (Å²) >= 11 is 0. The lowest BCUT2D eigenvalue weighted by molar-refractivity contribution is -0.138. The van der Waals surface area contributed by atoms with Crippen molar-refractivity contribution in [2.24, 2.45) is 0 Å². The number of hydrogen-bond donors (Lipinski definition) is 0. The highest BCUT2D eigenvalue weighted by atomic mass is 16.5. The van der Waals surface area contributed by atoms with Gasteiger partial charge in [0.25, 0.3) is 5.91 Å². The van der Waals surface area contributed by atoms with Crippen LogP contribution in [0.15, 0.2) is 47.1 Å². The third kappa shape index (κ3) is 4.43. The van der Waals surface area contributed by atoms with Crippen LogP contribution < -0.4 is 0 Å². The Morgan fingerprint density at radius 3 is 2.36 bits per heavy atom. The zero-order chi connectivity index (χ0) is 19.9. The summed E-state index contributed by atoms with van der Waals surface area (Å²) in [6.45, 7) is 2.10. The molecule has 2 aromatic rings. The van der Waals surface area contributed by atoms with Crippen LogP contribution in [0.3, 0.4) is 0 Å². The first-order valence-corrected chi connectivity index (χ1v) is 9.33. The molecule has 0 fully saturated rings. The number of fused-ring (bicyclic) bond motifs is 1. The third-order valence-electron chi connectivity index (χ3n) is 4.97. The van der Waals surface area contributed by atoms with Gasteiger partial charge < -0.3 is 23.7 Å². The molecule has 0 radical (unpaired) electrons. The molecule has 2 heterocycles. The molecule has 7 heteroatoms. The molecule has 1 aliphatic rings. The van der Waals surface area contributed by atoms with Gasteiger partial charge in [-0.15, -0.1) is 0 Å². The van der Waals surface area contributed by atoms with Gasteiger partial charge in [0, 0.05) is 40.3 Å². The molecule has 1 aromatic heterocycles. The second kappa shape index (κ2) is 9.52. The summed E-state index contributed by atoms with van der Waals surface area (Å²) < 4.78 is 15.6. The van der Waals surface area contributed by atoms with Gasteiger partial charge in [-0.25, -0.2) is 0 Å². The first-order chi connectivity index (χ1) is 13.7. The molecule has 0 spiro atoms. The molecule has 3 rings (SSSR count). The third-order valence-corrected chi connectivity index (χ3v) is 4.97. The van der Waals surface area contributed by atoms with Crippen molar-refractivity contribution in [3.63, 3.8) is 0 Å². The molecule has 0 saturated carbocycles. The Morgan fingerprint density at radius 1 is 1.07 bits per heavy atom. The van der Waals surface area contributed by atoms with Crippen molar-refractivity contribution in [1.82, 2.24) is 9.80 Å². The normalized spacial score (nSPS) is 15.9. The zero-order valence-electron chi connectivity index (χ0n) is 16.3. The molecule has 1 aromatic carbocycles. The molecule has 150 valence electrons. The lowest BCUT2D eigenvalue weighted by atomic mass is 9.93. The van der Waals surface area contributed by atoms with Crippen LogP contribution in [0, 0.1) is 0 Å². The molecule has 1 atom stereocenters. The number of carbonyl (C=O) groups excluding carboxylic acids is 2. The number of ether oxygens (including phenoxy) is 2. The second-order valence-electron chi connectivity index (χ2n) is 6.71. The summed E-state index contributed by atoms with van der Waals surface area (Å²) in [5.74, 6) is -0.155. The molecule has 0 bridgehead atoms. The number of amides is 2. The fraction of sp³-hybridized carbons (Fsp3) is 0.429. The van der Waals surface area contributed by atoms with Gasteiger partial charge >= 0.3 is 0 Å². The Hall–Kier alpha value is -2.64. The number of hydrogen-bond acceptors (Lipinski definition) is 5. The maximum absolute atomic E-state index is 13.4. The van der Waals surface area contributed by atoms with E-state index in [9.17, 15) is 9.59 Å². The van der Waals surface area contributed by atoms with Gasteiger partial charge in [-0.3, -0.25) is 9.59 Å². The van der Waals surface area contributed by atoms with E-state index < -0.39 is 6.04 Å². The van der Waals surface area contributed by atoms with E-state index in [-0.39, 0.29) is 17.6 Å². The summed E-state index contributed by atoms with van der Waals surface area (Å²) in [4.78, 5) is 29.8. The van der Waals surface area contributed by atoms with E-state index in [2.05, 4.69) is 0 Å². The van der Waals surface area contributed by atoms with Crippen LogP contribution in [0.1, 0.15) is 21.7 Å². The van der Waals surface area contributed by atoms with E-state index in [1.807, 2.05) is 24.3 Å². The predicted octanol–water partition coefficient (Wildman–Crippen LogP) is 1.97. The van der Waals surface area contributed by atoms with Gasteiger partial charge in [0.05, 0.1) is 19.5 Å². The van der Waals surface area contributed by atoms with Crippen LogP contribution in [-0.2, 0) is 27.2 Å². The van der Waals surface area contributed by atoms with Crippen LogP contribution in [0.4, 0.5) is 0 Å². The maximum Gasteiger partial charge on any atom is 0.290 e. The highest BCUT2D eigenvalue weighted by molar-refractivity contribution is 5.96. The molecule has 0 aliphatic carbocycles. The van der Waals surface area contributed by atoms with Crippen molar-refractivity contribution >= 4 is 11.8 Å². The molecule has 7 nitrogen and oxygen atoms in total. The van der Waals surface area contributed by atoms with Crippen molar-refractivity contribution in [3.05, 3.63) is 59.5 Å².